The van der Waals surface area contributed by atoms with Gasteiger partial charge in [-0.2, -0.15) is 0 Å². The minimum atomic E-state index is -0.149. The number of nitrogens with one attached hydrogen (secondary N) is 3. The summed E-state index contributed by atoms with van der Waals surface area (Å²) < 4.78 is 4.84. The molecule has 0 spiro atoms. The summed E-state index contributed by atoms with van der Waals surface area (Å²) in [6.45, 7) is 1.70. The summed E-state index contributed by atoms with van der Waals surface area (Å²) >= 11 is 0. The van der Waals surface area contributed by atoms with E-state index in [0.29, 0.717) is 25.4 Å². The van der Waals surface area contributed by atoms with Crippen LogP contribution in [-0.2, 0) is 14.3 Å². The highest BCUT2D eigenvalue weighted by Crippen LogP contribution is 2.03. The first kappa shape index (κ1) is 16.1. The summed E-state index contributed by atoms with van der Waals surface area (Å²) in [4.78, 5) is 26.8. The van der Waals surface area contributed by atoms with E-state index in [1.807, 2.05) is 0 Å². The number of carbonyl (C=O) groups is 2. The zero-order chi connectivity index (χ0) is 14.6. The quantitative estimate of drug-likeness (QED) is 0.543. The first-order valence-corrected chi connectivity index (χ1v) is 6.38. The van der Waals surface area contributed by atoms with Gasteiger partial charge in [0.2, 0.25) is 11.8 Å². The average molecular weight is 280 g/mol. The summed E-state index contributed by atoms with van der Waals surface area (Å²) in [5.41, 5.74) is 0.692. The third-order valence-electron chi connectivity index (χ3n) is 2.41. The summed E-state index contributed by atoms with van der Waals surface area (Å²) in [5, 5.41) is 8.29. The second kappa shape index (κ2) is 9.88. The molecule has 0 aliphatic carbocycles. The van der Waals surface area contributed by atoms with E-state index in [1.54, 1.807) is 31.6 Å². The summed E-state index contributed by atoms with van der Waals surface area (Å²) in [7, 11) is 1.60. The van der Waals surface area contributed by atoms with Crippen LogP contribution in [0.25, 0.3) is 0 Å². The first-order valence-electron chi connectivity index (χ1n) is 6.38. The molecule has 0 aromatic carbocycles. The Morgan fingerprint density at radius 1 is 1.20 bits per heavy atom. The summed E-state index contributed by atoms with van der Waals surface area (Å²) in [6, 6.07) is 3.41. The van der Waals surface area contributed by atoms with Crippen molar-refractivity contribution in [3.8, 4) is 0 Å². The zero-order valence-corrected chi connectivity index (χ0v) is 11.5. The molecule has 3 N–H and O–H groups in total. The number of nitrogens with zero attached hydrogens (tertiary/aromatic N) is 1. The van der Waals surface area contributed by atoms with E-state index in [0.717, 1.165) is 0 Å². The van der Waals surface area contributed by atoms with Crippen molar-refractivity contribution in [1.82, 2.24) is 15.6 Å². The van der Waals surface area contributed by atoms with Gasteiger partial charge in [-0.05, 0) is 12.1 Å². The largest absolute Gasteiger partial charge is 0.383 e. The van der Waals surface area contributed by atoms with Crippen LogP contribution in [0.15, 0.2) is 24.5 Å². The number of ether oxygens (including phenoxy) is 1. The Balaban J connectivity index is 2.08. The number of rotatable bonds is 9. The van der Waals surface area contributed by atoms with Gasteiger partial charge in [-0.25, -0.2) is 0 Å². The van der Waals surface area contributed by atoms with Gasteiger partial charge in [0.1, 0.15) is 0 Å². The molecule has 7 nitrogen and oxygen atoms in total. The van der Waals surface area contributed by atoms with Gasteiger partial charge < -0.3 is 20.7 Å². The summed E-state index contributed by atoms with van der Waals surface area (Å²) in [6.07, 6.45) is 3.43. The fraction of sp³-hybridized carbons (Fsp3) is 0.462. The standard InChI is InChI=1S/C13H20N4O3/c1-20-9-8-15-10-13(19)16-7-4-12(18)17-11-2-5-14-6-3-11/h2-3,5-6,15H,4,7-10H2,1H3,(H,16,19)(H,14,17,18). The minimum absolute atomic E-state index is 0.141. The molecule has 0 unspecified atom stereocenters. The Kier molecular flexibility index (Phi) is 7.93. The van der Waals surface area contributed by atoms with E-state index in [4.69, 9.17) is 4.74 Å². The van der Waals surface area contributed by atoms with Gasteiger partial charge in [0.15, 0.2) is 0 Å². The Morgan fingerprint density at radius 3 is 2.65 bits per heavy atom. The second-order valence-corrected chi connectivity index (χ2v) is 4.05. The molecule has 0 radical (unpaired) electrons. The van der Waals surface area contributed by atoms with Crippen LogP contribution in [0, 0.1) is 0 Å². The number of pyridine rings is 1. The average Bonchev–Trinajstić information content (AvgIpc) is 2.45. The van der Waals surface area contributed by atoms with E-state index < -0.39 is 0 Å². The third-order valence-corrected chi connectivity index (χ3v) is 2.41. The maximum Gasteiger partial charge on any atom is 0.233 e. The van der Waals surface area contributed by atoms with Crippen LogP contribution in [0.1, 0.15) is 6.42 Å². The fourth-order valence-corrected chi connectivity index (χ4v) is 1.41. The molecule has 0 atom stereocenters. The topological polar surface area (TPSA) is 92.4 Å². The van der Waals surface area contributed by atoms with Crippen molar-refractivity contribution >= 4 is 17.5 Å². The molecule has 0 saturated carbocycles. The van der Waals surface area contributed by atoms with Crippen LogP contribution in [0.4, 0.5) is 5.69 Å². The number of hydrogen-bond acceptors (Lipinski definition) is 5. The molecule has 7 heteroatoms. The molecule has 1 heterocycles. The van der Waals surface area contributed by atoms with Crippen LogP contribution in [0.2, 0.25) is 0 Å². The Morgan fingerprint density at radius 2 is 1.95 bits per heavy atom. The van der Waals surface area contributed by atoms with Crippen LogP contribution < -0.4 is 16.0 Å². The molecule has 2 amide bonds. The van der Waals surface area contributed by atoms with Crippen LogP contribution in [-0.4, -0.2) is 50.1 Å². The Hall–Kier alpha value is -1.99. The van der Waals surface area contributed by atoms with Crippen molar-refractivity contribution in [2.24, 2.45) is 0 Å². The van der Waals surface area contributed by atoms with Crippen molar-refractivity contribution in [1.29, 1.82) is 0 Å². The highest BCUT2D eigenvalue weighted by atomic mass is 16.5. The highest BCUT2D eigenvalue weighted by molar-refractivity contribution is 5.91. The van der Waals surface area contributed by atoms with E-state index in [-0.39, 0.29) is 24.8 Å². The van der Waals surface area contributed by atoms with Crippen LogP contribution in [0.5, 0.6) is 0 Å². The Labute approximate surface area is 118 Å². The van der Waals surface area contributed by atoms with E-state index >= 15 is 0 Å². The lowest BCUT2D eigenvalue weighted by Gasteiger charge is -2.07. The number of anilines is 1. The van der Waals surface area contributed by atoms with Gasteiger partial charge in [0, 0.05) is 44.7 Å². The minimum Gasteiger partial charge on any atom is -0.383 e. The van der Waals surface area contributed by atoms with Gasteiger partial charge in [-0.3, -0.25) is 14.6 Å². The number of amides is 2. The number of hydrogen-bond donors (Lipinski definition) is 3. The number of aromatic nitrogens is 1. The maximum atomic E-state index is 11.6. The first-order chi connectivity index (χ1) is 9.72. The van der Waals surface area contributed by atoms with E-state index in [1.165, 1.54) is 0 Å². The monoisotopic (exact) mass is 280 g/mol. The zero-order valence-electron chi connectivity index (χ0n) is 11.5. The maximum absolute atomic E-state index is 11.6. The Bertz CT molecular complexity index is 411. The molecule has 0 bridgehead atoms. The van der Waals surface area contributed by atoms with Gasteiger partial charge in [-0.1, -0.05) is 0 Å². The lowest BCUT2D eigenvalue weighted by Crippen LogP contribution is -2.36. The lowest BCUT2D eigenvalue weighted by atomic mass is 10.3. The number of methoxy groups -OCH3 is 1. The SMILES string of the molecule is COCCNCC(=O)NCCC(=O)Nc1ccncc1. The third kappa shape index (κ3) is 7.45. The van der Waals surface area contributed by atoms with E-state index in [2.05, 4.69) is 20.9 Å². The molecular formula is C13H20N4O3. The van der Waals surface area contributed by atoms with Gasteiger partial charge in [0.05, 0.1) is 13.2 Å². The van der Waals surface area contributed by atoms with Gasteiger partial charge >= 0.3 is 0 Å². The molecular weight excluding hydrogens is 260 g/mol. The van der Waals surface area contributed by atoms with E-state index in [9.17, 15) is 9.59 Å². The predicted octanol–water partition coefficient (Wildman–Crippen LogP) is -0.238. The predicted molar refractivity (Wildman–Crippen MR) is 75.2 cm³/mol. The van der Waals surface area contributed by atoms with Crippen molar-refractivity contribution < 1.29 is 14.3 Å². The molecule has 110 valence electrons. The summed E-state index contributed by atoms with van der Waals surface area (Å²) in [5.74, 6) is -0.290. The molecule has 0 saturated heterocycles. The molecule has 0 aliphatic rings. The fourth-order valence-electron chi connectivity index (χ4n) is 1.41. The van der Waals surface area contributed by atoms with Gasteiger partial charge in [-0.15, -0.1) is 0 Å². The lowest BCUT2D eigenvalue weighted by molar-refractivity contribution is -0.120. The molecule has 0 aliphatic heterocycles. The van der Waals surface area contributed by atoms with Gasteiger partial charge in [0.25, 0.3) is 0 Å². The molecule has 0 fully saturated rings. The molecule has 1 aromatic rings. The van der Waals surface area contributed by atoms with Crippen molar-refractivity contribution in [3.63, 3.8) is 0 Å². The highest BCUT2D eigenvalue weighted by Gasteiger charge is 2.04. The van der Waals surface area contributed by atoms with Crippen LogP contribution in [0.3, 0.4) is 0 Å². The smallest absolute Gasteiger partial charge is 0.233 e. The van der Waals surface area contributed by atoms with Crippen LogP contribution >= 0.6 is 0 Å². The molecule has 1 rings (SSSR count). The van der Waals surface area contributed by atoms with Crippen molar-refractivity contribution in [2.45, 2.75) is 6.42 Å². The normalized spacial score (nSPS) is 10.1. The number of carbonyl (C=O) groups excluding carboxylic acids is 2. The van der Waals surface area contributed by atoms with Crippen molar-refractivity contribution in [2.75, 3.05) is 38.7 Å². The molecule has 20 heavy (non-hydrogen) atoms. The van der Waals surface area contributed by atoms with Crippen molar-refractivity contribution in [3.05, 3.63) is 24.5 Å². The second-order valence-electron chi connectivity index (χ2n) is 4.05. The molecule has 1 aromatic heterocycles.